The lowest BCUT2D eigenvalue weighted by Crippen LogP contribution is -2.27. The molecule has 0 aliphatic carbocycles. The summed E-state index contributed by atoms with van der Waals surface area (Å²) in [6, 6.07) is 13.6. The summed E-state index contributed by atoms with van der Waals surface area (Å²) in [7, 11) is -3.46. The Balaban J connectivity index is 1.67. The molecule has 3 rings (SSSR count). The van der Waals surface area contributed by atoms with E-state index in [4.69, 9.17) is 4.74 Å². The molecule has 1 aliphatic rings. The van der Waals surface area contributed by atoms with Crippen molar-refractivity contribution in [1.29, 1.82) is 0 Å². The lowest BCUT2D eigenvalue weighted by atomic mass is 10.1. The number of ether oxygens (including phenoxy) is 1. The summed E-state index contributed by atoms with van der Waals surface area (Å²) in [5, 5.41) is 0. The van der Waals surface area contributed by atoms with Crippen LogP contribution in [0, 0.1) is 6.92 Å². The van der Waals surface area contributed by atoms with Crippen molar-refractivity contribution in [3.8, 4) is 0 Å². The molecule has 132 valence electrons. The number of aryl methyl sites for hydroxylation is 1. The third kappa shape index (κ3) is 3.91. The van der Waals surface area contributed by atoms with E-state index in [2.05, 4.69) is 0 Å². The molecule has 0 atom stereocenters. The average Bonchev–Trinajstić information content (AvgIpc) is 3.16. The van der Waals surface area contributed by atoms with E-state index in [1.807, 2.05) is 31.2 Å². The Bertz CT molecular complexity index is 853. The van der Waals surface area contributed by atoms with Crippen LogP contribution in [0.3, 0.4) is 0 Å². The normalized spacial score (nSPS) is 15.2. The van der Waals surface area contributed by atoms with Crippen molar-refractivity contribution in [1.82, 2.24) is 4.31 Å². The van der Waals surface area contributed by atoms with Crippen molar-refractivity contribution >= 4 is 16.0 Å². The van der Waals surface area contributed by atoms with E-state index in [1.165, 1.54) is 28.6 Å². The van der Waals surface area contributed by atoms with E-state index in [-0.39, 0.29) is 11.5 Å². The van der Waals surface area contributed by atoms with Gasteiger partial charge in [0.25, 0.3) is 0 Å². The zero-order valence-electron chi connectivity index (χ0n) is 14.1. The van der Waals surface area contributed by atoms with Crippen LogP contribution in [-0.4, -0.2) is 31.8 Å². The first-order valence-corrected chi connectivity index (χ1v) is 9.74. The molecule has 1 saturated heterocycles. The van der Waals surface area contributed by atoms with Crippen LogP contribution in [0.25, 0.3) is 0 Å². The molecular weight excluding hydrogens is 338 g/mol. The SMILES string of the molecule is Cc1ccccc1COC(=O)c1ccc(S(=O)(=O)N2CCCC2)cc1. The number of rotatable bonds is 5. The monoisotopic (exact) mass is 359 g/mol. The molecule has 25 heavy (non-hydrogen) atoms. The molecule has 0 saturated carbocycles. The van der Waals surface area contributed by atoms with E-state index in [0.29, 0.717) is 18.7 Å². The smallest absolute Gasteiger partial charge is 0.338 e. The van der Waals surface area contributed by atoms with Gasteiger partial charge in [0.1, 0.15) is 6.61 Å². The molecule has 0 amide bonds. The van der Waals surface area contributed by atoms with Crippen LogP contribution < -0.4 is 0 Å². The Labute approximate surface area is 148 Å². The Kier molecular flexibility index (Phi) is 5.20. The number of carbonyl (C=O) groups excluding carboxylic acids is 1. The maximum absolute atomic E-state index is 12.5. The number of hydrogen-bond donors (Lipinski definition) is 0. The molecule has 1 fully saturated rings. The van der Waals surface area contributed by atoms with E-state index in [1.54, 1.807) is 0 Å². The third-order valence-electron chi connectivity index (χ3n) is 4.41. The fraction of sp³-hybridized carbons (Fsp3) is 0.316. The number of carbonyl (C=O) groups is 1. The van der Waals surface area contributed by atoms with Gasteiger partial charge in [0.05, 0.1) is 10.5 Å². The van der Waals surface area contributed by atoms with Crippen molar-refractivity contribution in [3.63, 3.8) is 0 Å². The van der Waals surface area contributed by atoms with E-state index >= 15 is 0 Å². The molecule has 0 aromatic heterocycles. The van der Waals surface area contributed by atoms with Crippen LogP contribution >= 0.6 is 0 Å². The van der Waals surface area contributed by atoms with E-state index in [0.717, 1.165) is 24.0 Å². The van der Waals surface area contributed by atoms with Crippen molar-refractivity contribution in [2.24, 2.45) is 0 Å². The lowest BCUT2D eigenvalue weighted by molar-refractivity contribution is 0.0472. The first kappa shape index (κ1) is 17.6. The molecule has 0 N–H and O–H groups in total. The summed E-state index contributed by atoms with van der Waals surface area (Å²) in [4.78, 5) is 12.4. The molecule has 0 bridgehead atoms. The largest absolute Gasteiger partial charge is 0.457 e. The fourth-order valence-electron chi connectivity index (χ4n) is 2.84. The quantitative estimate of drug-likeness (QED) is 0.770. The second kappa shape index (κ2) is 7.37. The van der Waals surface area contributed by atoms with Gasteiger partial charge in [0.2, 0.25) is 10.0 Å². The van der Waals surface area contributed by atoms with Crippen LogP contribution in [0.4, 0.5) is 0 Å². The Morgan fingerprint density at radius 3 is 2.32 bits per heavy atom. The highest BCUT2D eigenvalue weighted by Crippen LogP contribution is 2.21. The summed E-state index contributed by atoms with van der Waals surface area (Å²) < 4.78 is 31.8. The van der Waals surface area contributed by atoms with Gasteiger partial charge in [-0.25, -0.2) is 13.2 Å². The van der Waals surface area contributed by atoms with Gasteiger partial charge in [-0.2, -0.15) is 4.31 Å². The minimum atomic E-state index is -3.46. The molecule has 2 aromatic carbocycles. The van der Waals surface area contributed by atoms with Crippen LogP contribution in [0.2, 0.25) is 0 Å². The van der Waals surface area contributed by atoms with E-state index < -0.39 is 16.0 Å². The van der Waals surface area contributed by atoms with Crippen LogP contribution in [0.1, 0.15) is 34.3 Å². The zero-order chi connectivity index (χ0) is 17.9. The van der Waals surface area contributed by atoms with Gasteiger partial charge < -0.3 is 4.74 Å². The Morgan fingerprint density at radius 1 is 1.04 bits per heavy atom. The first-order chi connectivity index (χ1) is 12.0. The Hall–Kier alpha value is -2.18. The van der Waals surface area contributed by atoms with E-state index in [9.17, 15) is 13.2 Å². The van der Waals surface area contributed by atoms with Crippen LogP contribution in [0.5, 0.6) is 0 Å². The van der Waals surface area contributed by atoms with Gasteiger partial charge in [0, 0.05) is 13.1 Å². The lowest BCUT2D eigenvalue weighted by Gasteiger charge is -2.15. The topological polar surface area (TPSA) is 63.7 Å². The standard InChI is InChI=1S/C19H21NO4S/c1-15-6-2-3-7-17(15)14-24-19(21)16-8-10-18(11-9-16)25(22,23)20-12-4-5-13-20/h2-3,6-11H,4-5,12-14H2,1H3. The summed E-state index contributed by atoms with van der Waals surface area (Å²) in [6.07, 6.45) is 1.78. The minimum absolute atomic E-state index is 0.194. The molecule has 6 heteroatoms. The third-order valence-corrected chi connectivity index (χ3v) is 6.33. The second-order valence-corrected chi connectivity index (χ2v) is 8.08. The first-order valence-electron chi connectivity index (χ1n) is 8.30. The molecule has 2 aromatic rings. The highest BCUT2D eigenvalue weighted by atomic mass is 32.2. The number of esters is 1. The molecule has 0 unspecified atom stereocenters. The molecule has 0 radical (unpaired) electrons. The Morgan fingerprint density at radius 2 is 1.68 bits per heavy atom. The average molecular weight is 359 g/mol. The highest BCUT2D eigenvalue weighted by Gasteiger charge is 2.27. The van der Waals surface area contributed by atoms with Crippen molar-refractivity contribution < 1.29 is 17.9 Å². The fourth-order valence-corrected chi connectivity index (χ4v) is 4.36. The van der Waals surface area contributed by atoms with Gasteiger partial charge >= 0.3 is 5.97 Å². The van der Waals surface area contributed by atoms with Gasteiger partial charge in [0.15, 0.2) is 0 Å². The predicted molar refractivity (Wildman–Crippen MR) is 94.7 cm³/mol. The maximum atomic E-state index is 12.5. The second-order valence-electron chi connectivity index (χ2n) is 6.14. The summed E-state index contributed by atoms with van der Waals surface area (Å²) >= 11 is 0. The van der Waals surface area contributed by atoms with Gasteiger partial charge in [-0.05, 0) is 55.2 Å². The van der Waals surface area contributed by atoms with Gasteiger partial charge in [-0.15, -0.1) is 0 Å². The predicted octanol–water partition coefficient (Wildman–Crippen LogP) is 3.14. The molecule has 1 aliphatic heterocycles. The van der Waals surface area contributed by atoms with Crippen LogP contribution in [-0.2, 0) is 21.4 Å². The molecular formula is C19H21NO4S. The van der Waals surface area contributed by atoms with Gasteiger partial charge in [-0.1, -0.05) is 24.3 Å². The zero-order valence-corrected chi connectivity index (χ0v) is 15.0. The van der Waals surface area contributed by atoms with Crippen molar-refractivity contribution in [3.05, 3.63) is 65.2 Å². The maximum Gasteiger partial charge on any atom is 0.338 e. The molecule has 5 nitrogen and oxygen atoms in total. The van der Waals surface area contributed by atoms with Crippen molar-refractivity contribution in [2.45, 2.75) is 31.3 Å². The summed E-state index contributed by atoms with van der Waals surface area (Å²) in [5.74, 6) is -0.464. The summed E-state index contributed by atoms with van der Waals surface area (Å²) in [5.41, 5.74) is 2.35. The highest BCUT2D eigenvalue weighted by molar-refractivity contribution is 7.89. The number of sulfonamides is 1. The number of hydrogen-bond acceptors (Lipinski definition) is 4. The minimum Gasteiger partial charge on any atom is -0.457 e. The molecule has 1 heterocycles. The van der Waals surface area contributed by atoms with Gasteiger partial charge in [-0.3, -0.25) is 0 Å². The summed E-state index contributed by atoms with van der Waals surface area (Å²) in [6.45, 7) is 3.27. The number of benzene rings is 2. The number of nitrogens with zero attached hydrogens (tertiary/aromatic N) is 1. The van der Waals surface area contributed by atoms with Crippen LogP contribution in [0.15, 0.2) is 53.4 Å². The molecule has 0 spiro atoms. The van der Waals surface area contributed by atoms with Crippen molar-refractivity contribution in [2.75, 3.05) is 13.1 Å².